The molecule has 1 aromatic heterocycles. The van der Waals surface area contributed by atoms with Crippen molar-refractivity contribution in [1.82, 2.24) is 4.98 Å². The van der Waals surface area contributed by atoms with E-state index in [1.165, 1.54) is 13.3 Å². The zero-order chi connectivity index (χ0) is 19.2. The Morgan fingerprint density at radius 1 is 0.963 bits per heavy atom. The van der Waals surface area contributed by atoms with Crippen LogP contribution in [0.2, 0.25) is 5.02 Å². The van der Waals surface area contributed by atoms with E-state index in [1.54, 1.807) is 60.8 Å². The Morgan fingerprint density at radius 2 is 1.70 bits per heavy atom. The van der Waals surface area contributed by atoms with E-state index in [2.05, 4.69) is 20.4 Å². The number of carbonyl (C=O) groups excluding carboxylic acids is 2. The molecule has 0 saturated carbocycles. The number of hydrogen-bond acceptors (Lipinski definition) is 5. The van der Waals surface area contributed by atoms with Crippen LogP contribution < -0.4 is 10.6 Å². The second-order valence-electron chi connectivity index (χ2n) is 5.59. The van der Waals surface area contributed by atoms with Gasteiger partial charge in [-0.2, -0.15) is 0 Å². The van der Waals surface area contributed by atoms with Gasteiger partial charge in [-0.3, -0.25) is 9.78 Å². The van der Waals surface area contributed by atoms with Crippen LogP contribution in [0, 0.1) is 0 Å². The summed E-state index contributed by atoms with van der Waals surface area (Å²) < 4.78 is 4.67. The number of pyridine rings is 1. The van der Waals surface area contributed by atoms with Crippen molar-refractivity contribution in [2.45, 2.75) is 0 Å². The van der Waals surface area contributed by atoms with Crippen molar-refractivity contribution in [2.24, 2.45) is 0 Å². The minimum Gasteiger partial charge on any atom is -0.465 e. The van der Waals surface area contributed by atoms with Crippen LogP contribution >= 0.6 is 11.6 Å². The molecule has 0 fully saturated rings. The average molecular weight is 382 g/mol. The number of nitrogens with one attached hydrogen (secondary N) is 2. The maximum atomic E-state index is 12.4. The van der Waals surface area contributed by atoms with Gasteiger partial charge in [0.2, 0.25) is 0 Å². The van der Waals surface area contributed by atoms with Crippen molar-refractivity contribution in [3.8, 4) is 0 Å². The summed E-state index contributed by atoms with van der Waals surface area (Å²) >= 11 is 6.06. The maximum Gasteiger partial charge on any atom is 0.337 e. The molecule has 7 heteroatoms. The van der Waals surface area contributed by atoms with Crippen LogP contribution in [0.4, 0.5) is 17.1 Å². The van der Waals surface area contributed by atoms with Crippen molar-refractivity contribution in [3.63, 3.8) is 0 Å². The van der Waals surface area contributed by atoms with Gasteiger partial charge in [0.15, 0.2) is 0 Å². The summed E-state index contributed by atoms with van der Waals surface area (Å²) in [6.45, 7) is 0. The Bertz CT molecular complexity index is 974. The van der Waals surface area contributed by atoms with Gasteiger partial charge in [-0.25, -0.2) is 4.79 Å². The molecule has 0 radical (unpaired) electrons. The minimum absolute atomic E-state index is 0.319. The molecule has 2 aromatic carbocycles. The van der Waals surface area contributed by atoms with Gasteiger partial charge < -0.3 is 15.4 Å². The number of nitrogens with zero attached hydrogens (tertiary/aromatic N) is 1. The van der Waals surface area contributed by atoms with E-state index in [-0.39, 0.29) is 5.91 Å². The molecule has 136 valence electrons. The highest BCUT2D eigenvalue weighted by molar-refractivity contribution is 6.33. The molecule has 27 heavy (non-hydrogen) atoms. The second-order valence-corrected chi connectivity index (χ2v) is 6.00. The molecule has 0 unspecified atom stereocenters. The van der Waals surface area contributed by atoms with Gasteiger partial charge in [0.1, 0.15) is 0 Å². The lowest BCUT2D eigenvalue weighted by Crippen LogP contribution is -2.12. The zero-order valence-electron chi connectivity index (χ0n) is 14.4. The van der Waals surface area contributed by atoms with Gasteiger partial charge >= 0.3 is 5.97 Å². The van der Waals surface area contributed by atoms with Gasteiger partial charge in [0, 0.05) is 11.9 Å². The van der Waals surface area contributed by atoms with Gasteiger partial charge in [-0.15, -0.1) is 0 Å². The first-order valence-corrected chi connectivity index (χ1v) is 8.41. The summed E-state index contributed by atoms with van der Waals surface area (Å²) in [4.78, 5) is 28.0. The van der Waals surface area contributed by atoms with E-state index in [4.69, 9.17) is 11.6 Å². The molecule has 0 bridgehead atoms. The normalized spacial score (nSPS) is 10.1. The quantitative estimate of drug-likeness (QED) is 0.635. The molecular formula is C20H16ClN3O3. The molecule has 0 saturated heterocycles. The summed E-state index contributed by atoms with van der Waals surface area (Å²) in [6.07, 6.45) is 3.07. The van der Waals surface area contributed by atoms with Crippen LogP contribution in [0.15, 0.2) is 67.0 Å². The number of hydrogen-bond donors (Lipinski definition) is 2. The Morgan fingerprint density at radius 3 is 2.41 bits per heavy atom. The maximum absolute atomic E-state index is 12.4. The van der Waals surface area contributed by atoms with E-state index in [0.717, 1.165) is 5.69 Å². The Balaban J connectivity index is 1.72. The van der Waals surface area contributed by atoms with Crippen LogP contribution in [-0.2, 0) is 4.74 Å². The predicted octanol–water partition coefficient (Wildman–Crippen LogP) is 4.52. The summed E-state index contributed by atoms with van der Waals surface area (Å²) in [7, 11) is 1.33. The topological polar surface area (TPSA) is 80.3 Å². The first-order valence-electron chi connectivity index (χ1n) is 8.03. The van der Waals surface area contributed by atoms with Crippen LogP contribution in [-0.4, -0.2) is 24.0 Å². The standard InChI is InChI=1S/C20H16ClN3O3/c1-27-20(26)13-6-8-15(9-7-13)23-16-10-14(11-22-12-16)19(25)24-18-5-3-2-4-17(18)21/h2-12,23H,1H3,(H,24,25). The van der Waals surface area contributed by atoms with Crippen LogP contribution in [0.1, 0.15) is 20.7 Å². The number of methoxy groups -OCH3 is 1. The highest BCUT2D eigenvalue weighted by Gasteiger charge is 2.10. The fourth-order valence-electron chi connectivity index (χ4n) is 2.36. The SMILES string of the molecule is COC(=O)c1ccc(Nc2cncc(C(=O)Nc3ccccc3Cl)c2)cc1. The molecule has 6 nitrogen and oxygen atoms in total. The van der Waals surface area contributed by atoms with Crippen LogP contribution in [0.3, 0.4) is 0 Å². The van der Waals surface area contributed by atoms with Crippen molar-refractivity contribution < 1.29 is 14.3 Å². The number of para-hydroxylation sites is 1. The minimum atomic E-state index is -0.401. The highest BCUT2D eigenvalue weighted by atomic mass is 35.5. The molecule has 0 aliphatic heterocycles. The van der Waals surface area contributed by atoms with E-state index in [1.807, 2.05) is 0 Å². The van der Waals surface area contributed by atoms with Crippen molar-refractivity contribution in [2.75, 3.05) is 17.7 Å². The van der Waals surface area contributed by atoms with E-state index in [0.29, 0.717) is 27.5 Å². The second kappa shape index (κ2) is 8.33. The predicted molar refractivity (Wildman–Crippen MR) is 105 cm³/mol. The number of halogens is 1. The van der Waals surface area contributed by atoms with E-state index in [9.17, 15) is 9.59 Å². The highest BCUT2D eigenvalue weighted by Crippen LogP contribution is 2.22. The lowest BCUT2D eigenvalue weighted by atomic mass is 10.2. The first-order chi connectivity index (χ1) is 13.1. The molecule has 0 aliphatic rings. The summed E-state index contributed by atoms with van der Waals surface area (Å²) in [5.41, 5.74) is 2.74. The summed E-state index contributed by atoms with van der Waals surface area (Å²) in [6, 6.07) is 15.4. The summed E-state index contributed by atoms with van der Waals surface area (Å²) in [5.74, 6) is -0.721. The molecule has 0 aliphatic carbocycles. The smallest absolute Gasteiger partial charge is 0.337 e. The molecule has 0 atom stereocenters. The Labute approximate surface area is 161 Å². The third-order valence-electron chi connectivity index (χ3n) is 3.72. The van der Waals surface area contributed by atoms with E-state index >= 15 is 0 Å². The fourth-order valence-corrected chi connectivity index (χ4v) is 2.55. The van der Waals surface area contributed by atoms with Crippen molar-refractivity contribution >= 4 is 40.5 Å². The molecule has 3 aromatic rings. The zero-order valence-corrected chi connectivity index (χ0v) is 15.2. The number of ether oxygens (including phenoxy) is 1. The van der Waals surface area contributed by atoms with Gasteiger partial charge in [0.05, 0.1) is 40.8 Å². The largest absolute Gasteiger partial charge is 0.465 e. The number of esters is 1. The lowest BCUT2D eigenvalue weighted by Gasteiger charge is -2.10. The van der Waals surface area contributed by atoms with E-state index < -0.39 is 5.97 Å². The molecule has 2 N–H and O–H groups in total. The average Bonchev–Trinajstić information content (AvgIpc) is 2.70. The lowest BCUT2D eigenvalue weighted by molar-refractivity contribution is 0.0600. The van der Waals surface area contributed by atoms with Crippen LogP contribution in [0.25, 0.3) is 0 Å². The molecule has 1 heterocycles. The number of anilines is 3. The number of amides is 1. The van der Waals surface area contributed by atoms with Crippen LogP contribution in [0.5, 0.6) is 0 Å². The summed E-state index contributed by atoms with van der Waals surface area (Å²) in [5, 5.41) is 6.35. The Kier molecular flexibility index (Phi) is 5.68. The molecule has 0 spiro atoms. The van der Waals surface area contributed by atoms with Gasteiger partial charge in [-0.05, 0) is 42.5 Å². The van der Waals surface area contributed by atoms with Crippen molar-refractivity contribution in [3.05, 3.63) is 83.1 Å². The molecule has 1 amide bonds. The third kappa shape index (κ3) is 4.62. The number of carbonyl (C=O) groups is 2. The molecular weight excluding hydrogens is 366 g/mol. The number of rotatable bonds is 5. The Hall–Kier alpha value is -3.38. The monoisotopic (exact) mass is 381 g/mol. The van der Waals surface area contributed by atoms with Crippen molar-refractivity contribution in [1.29, 1.82) is 0 Å². The third-order valence-corrected chi connectivity index (χ3v) is 4.05. The van der Waals surface area contributed by atoms with Gasteiger partial charge in [0.25, 0.3) is 5.91 Å². The van der Waals surface area contributed by atoms with Gasteiger partial charge in [-0.1, -0.05) is 23.7 Å². The number of benzene rings is 2. The number of aromatic nitrogens is 1. The first kappa shape index (κ1) is 18.4. The molecule has 3 rings (SSSR count). The fraction of sp³-hybridized carbons (Fsp3) is 0.0500.